The molecule has 0 aliphatic heterocycles. The average molecular weight is 453 g/mol. The third kappa shape index (κ3) is 4.94. The molecule has 9 heteroatoms. The van der Waals surface area contributed by atoms with E-state index in [4.69, 9.17) is 26.8 Å². The van der Waals surface area contributed by atoms with Crippen LogP contribution in [0.5, 0.6) is 5.75 Å². The highest BCUT2D eigenvalue weighted by Crippen LogP contribution is 2.29. The lowest BCUT2D eigenvalue weighted by molar-refractivity contribution is 0.151. The van der Waals surface area contributed by atoms with Gasteiger partial charge in [0.15, 0.2) is 11.5 Å². The van der Waals surface area contributed by atoms with Gasteiger partial charge >= 0.3 is 0 Å². The van der Waals surface area contributed by atoms with Crippen molar-refractivity contribution in [2.24, 2.45) is 5.73 Å². The van der Waals surface area contributed by atoms with Crippen LogP contribution in [0.2, 0.25) is 5.02 Å². The van der Waals surface area contributed by atoms with Crippen LogP contribution in [0.3, 0.4) is 0 Å². The number of hydrogen-bond acceptors (Lipinski definition) is 7. The maximum Gasteiger partial charge on any atom is 0.180 e. The van der Waals surface area contributed by atoms with Crippen molar-refractivity contribution in [3.05, 3.63) is 66.1 Å². The highest BCUT2D eigenvalue weighted by atomic mass is 35.5. The Labute approximate surface area is 191 Å². The molecule has 2 heterocycles. The summed E-state index contributed by atoms with van der Waals surface area (Å²) in [4.78, 5) is 9.04. The van der Waals surface area contributed by atoms with E-state index in [1.54, 1.807) is 13.3 Å². The number of methoxy groups -OCH3 is 1. The third-order valence-corrected chi connectivity index (χ3v) is 5.18. The first kappa shape index (κ1) is 21.9. The Balaban J connectivity index is 1.51. The van der Waals surface area contributed by atoms with Crippen LogP contribution < -0.4 is 21.1 Å². The van der Waals surface area contributed by atoms with Gasteiger partial charge in [-0.25, -0.2) is 9.97 Å². The number of aromatic nitrogens is 3. The molecule has 0 aliphatic carbocycles. The summed E-state index contributed by atoms with van der Waals surface area (Å²) in [5, 5.41) is 7.17. The van der Waals surface area contributed by atoms with Crippen LogP contribution in [0, 0.1) is 0 Å². The maximum atomic E-state index is 6.45. The fraction of sp³-hybridized carbons (Fsp3) is 0.217. The van der Waals surface area contributed by atoms with Gasteiger partial charge in [0.2, 0.25) is 0 Å². The topological polar surface area (TPSA) is 98.7 Å². The molecule has 0 aliphatic rings. The zero-order chi connectivity index (χ0) is 22.3. The highest BCUT2D eigenvalue weighted by Gasteiger charge is 2.11. The molecule has 8 nitrogen and oxygen atoms in total. The lowest BCUT2D eigenvalue weighted by Gasteiger charge is -2.12. The molecule has 0 amide bonds. The fourth-order valence-corrected chi connectivity index (χ4v) is 3.55. The van der Waals surface area contributed by atoms with Gasteiger partial charge in [-0.15, -0.1) is 0 Å². The minimum Gasteiger partial charge on any atom is -0.497 e. The third-order valence-electron chi connectivity index (χ3n) is 4.87. The summed E-state index contributed by atoms with van der Waals surface area (Å²) in [5.41, 5.74) is 9.77. The molecule has 0 spiro atoms. The Hall–Kier alpha value is -3.33. The normalized spacial score (nSPS) is 11.0. The lowest BCUT2D eigenvalue weighted by atomic mass is 10.1. The second-order valence-corrected chi connectivity index (χ2v) is 7.40. The zero-order valence-corrected chi connectivity index (χ0v) is 18.5. The molecule has 0 bridgehead atoms. The van der Waals surface area contributed by atoms with Crippen molar-refractivity contribution < 1.29 is 9.47 Å². The van der Waals surface area contributed by atoms with Crippen molar-refractivity contribution in [3.63, 3.8) is 0 Å². The molecule has 2 aromatic heterocycles. The molecule has 4 aromatic rings. The predicted molar refractivity (Wildman–Crippen MR) is 128 cm³/mol. The highest BCUT2D eigenvalue weighted by molar-refractivity contribution is 6.33. The molecule has 0 unspecified atom stereocenters. The Morgan fingerprint density at radius 2 is 1.94 bits per heavy atom. The van der Waals surface area contributed by atoms with Gasteiger partial charge in [0.25, 0.3) is 0 Å². The number of rotatable bonds is 10. The Morgan fingerprint density at radius 1 is 1.09 bits per heavy atom. The standard InChI is InChI=1S/C23H25ClN6O2/c1-31-18-5-2-16(3-6-18)21-15-28-23-22(27-9-11-30(21)23)29-17-4-7-20(19(24)14-17)26-10-13-32-12-8-25/h2-7,9,11,14-15,26H,8,10,12-13,25H2,1H3,(H,27,29). The molecule has 4 N–H and O–H groups in total. The molecule has 32 heavy (non-hydrogen) atoms. The van der Waals surface area contributed by atoms with Gasteiger partial charge in [-0.3, -0.25) is 4.40 Å². The SMILES string of the molecule is COc1ccc(-c2cnc3c(Nc4ccc(NCCOCCN)c(Cl)c4)nccn23)cc1. The van der Waals surface area contributed by atoms with Crippen molar-refractivity contribution in [2.75, 3.05) is 44.0 Å². The summed E-state index contributed by atoms with van der Waals surface area (Å²) in [7, 11) is 1.65. The van der Waals surface area contributed by atoms with E-state index < -0.39 is 0 Å². The maximum absolute atomic E-state index is 6.45. The quantitative estimate of drug-likeness (QED) is 0.310. The predicted octanol–water partition coefficient (Wildman–Crippen LogP) is 4.19. The average Bonchev–Trinajstić information content (AvgIpc) is 3.25. The van der Waals surface area contributed by atoms with Gasteiger partial charge in [-0.05, 0) is 42.5 Å². The van der Waals surface area contributed by atoms with E-state index >= 15 is 0 Å². The van der Waals surface area contributed by atoms with Crippen LogP contribution >= 0.6 is 11.6 Å². The summed E-state index contributed by atoms with van der Waals surface area (Å²) in [6.45, 7) is 2.27. The number of nitrogens with two attached hydrogens (primary N) is 1. The van der Waals surface area contributed by atoms with E-state index in [2.05, 4.69) is 20.6 Å². The molecule has 0 radical (unpaired) electrons. The molecule has 166 valence electrons. The van der Waals surface area contributed by atoms with Gasteiger partial charge in [0, 0.05) is 36.7 Å². The van der Waals surface area contributed by atoms with E-state index in [0.29, 0.717) is 42.8 Å². The fourth-order valence-electron chi connectivity index (χ4n) is 3.30. The summed E-state index contributed by atoms with van der Waals surface area (Å²) in [6, 6.07) is 13.6. The summed E-state index contributed by atoms with van der Waals surface area (Å²) in [6.07, 6.45) is 5.46. The van der Waals surface area contributed by atoms with Gasteiger partial charge in [-0.2, -0.15) is 0 Å². The van der Waals surface area contributed by atoms with Crippen LogP contribution in [0.25, 0.3) is 16.9 Å². The van der Waals surface area contributed by atoms with E-state index in [-0.39, 0.29) is 0 Å². The van der Waals surface area contributed by atoms with Crippen molar-refractivity contribution in [1.82, 2.24) is 14.4 Å². The summed E-state index contributed by atoms with van der Waals surface area (Å²) < 4.78 is 12.6. The van der Waals surface area contributed by atoms with E-state index in [9.17, 15) is 0 Å². The molecule has 4 rings (SSSR count). The van der Waals surface area contributed by atoms with Crippen LogP contribution in [0.1, 0.15) is 0 Å². The number of benzene rings is 2. The van der Waals surface area contributed by atoms with E-state index in [0.717, 1.165) is 28.4 Å². The Bertz CT molecular complexity index is 1180. The van der Waals surface area contributed by atoms with Crippen molar-refractivity contribution in [2.45, 2.75) is 0 Å². The number of hydrogen-bond donors (Lipinski definition) is 3. The first-order chi connectivity index (χ1) is 15.7. The van der Waals surface area contributed by atoms with Crippen molar-refractivity contribution in [3.8, 4) is 17.0 Å². The van der Waals surface area contributed by atoms with Gasteiger partial charge < -0.3 is 25.8 Å². The minimum absolute atomic E-state index is 0.514. The molecule has 2 aromatic carbocycles. The molecular weight excluding hydrogens is 428 g/mol. The number of anilines is 3. The second kappa shape index (κ2) is 10.3. The number of nitrogens with zero attached hydrogens (tertiary/aromatic N) is 3. The van der Waals surface area contributed by atoms with Gasteiger partial charge in [0.1, 0.15) is 5.75 Å². The second-order valence-electron chi connectivity index (χ2n) is 6.99. The minimum atomic E-state index is 0.514. The first-order valence-corrected chi connectivity index (χ1v) is 10.6. The largest absolute Gasteiger partial charge is 0.497 e. The molecule has 0 fully saturated rings. The van der Waals surface area contributed by atoms with Crippen molar-refractivity contribution in [1.29, 1.82) is 0 Å². The van der Waals surface area contributed by atoms with Crippen LogP contribution in [-0.4, -0.2) is 47.8 Å². The molecule has 0 saturated carbocycles. The van der Waals surface area contributed by atoms with Crippen molar-refractivity contribution >= 4 is 34.4 Å². The smallest absolute Gasteiger partial charge is 0.180 e. The molecular formula is C23H25ClN6O2. The molecule has 0 atom stereocenters. The number of nitrogens with one attached hydrogen (secondary N) is 2. The van der Waals surface area contributed by atoms with Gasteiger partial charge in [0.05, 0.1) is 42.9 Å². The van der Waals surface area contributed by atoms with Crippen LogP contribution in [0.4, 0.5) is 17.2 Å². The Morgan fingerprint density at radius 3 is 2.69 bits per heavy atom. The Kier molecular flexibility index (Phi) is 7.06. The first-order valence-electron chi connectivity index (χ1n) is 10.2. The van der Waals surface area contributed by atoms with E-state index in [1.807, 2.05) is 59.3 Å². The zero-order valence-electron chi connectivity index (χ0n) is 17.7. The van der Waals surface area contributed by atoms with Crippen LogP contribution in [-0.2, 0) is 4.74 Å². The molecule has 0 saturated heterocycles. The monoisotopic (exact) mass is 452 g/mol. The summed E-state index contributed by atoms with van der Waals surface area (Å²) >= 11 is 6.45. The van der Waals surface area contributed by atoms with Crippen LogP contribution in [0.15, 0.2) is 61.1 Å². The number of fused-ring (bicyclic) bond motifs is 1. The van der Waals surface area contributed by atoms with Gasteiger partial charge in [-0.1, -0.05) is 11.6 Å². The summed E-state index contributed by atoms with van der Waals surface area (Å²) in [5.74, 6) is 1.45. The number of imidazole rings is 1. The number of ether oxygens (including phenoxy) is 2. The van der Waals surface area contributed by atoms with E-state index in [1.165, 1.54) is 0 Å². The number of halogens is 1. The lowest BCUT2D eigenvalue weighted by Crippen LogP contribution is -2.14.